The predicted octanol–water partition coefficient (Wildman–Crippen LogP) is 8.48. The van der Waals surface area contributed by atoms with Crippen molar-refractivity contribution in [3.8, 4) is 0 Å². The number of fused-ring (bicyclic) bond motifs is 7. The Balaban J connectivity index is 1.60. The van der Waals surface area contributed by atoms with Crippen LogP contribution in [0.25, 0.3) is 0 Å². The molecule has 0 heterocycles. The van der Waals surface area contributed by atoms with Crippen LogP contribution in [-0.4, -0.2) is 16.5 Å². The third-order valence-corrected chi connectivity index (χ3v) is 13.8. The normalized spacial score (nSPS) is 52.4. The molecular weight excluding hydrogens is 428 g/mol. The molecule has 0 saturated heterocycles. The third-order valence-electron chi connectivity index (χ3n) is 13.0. The van der Waals surface area contributed by atoms with Crippen LogP contribution in [0.15, 0.2) is 11.6 Å². The highest BCUT2D eigenvalue weighted by atomic mass is 35.5. The summed E-state index contributed by atoms with van der Waals surface area (Å²) >= 11 is 6.92. The van der Waals surface area contributed by atoms with E-state index in [-0.39, 0.29) is 33.0 Å². The number of hydrogen-bond donors (Lipinski definition) is 1. The van der Waals surface area contributed by atoms with E-state index in [0.29, 0.717) is 17.3 Å². The second-order valence-corrected chi connectivity index (χ2v) is 15.5. The average Bonchev–Trinajstić information content (AvgIpc) is 2.71. The van der Waals surface area contributed by atoms with Gasteiger partial charge in [0.25, 0.3) is 0 Å². The number of halogens is 1. The smallest absolute Gasteiger partial charge is 0.310 e. The molecule has 0 bridgehead atoms. The van der Waals surface area contributed by atoms with Crippen molar-refractivity contribution in [1.29, 1.82) is 0 Å². The van der Waals surface area contributed by atoms with Gasteiger partial charge in [-0.1, -0.05) is 60.1 Å². The summed E-state index contributed by atoms with van der Waals surface area (Å²) in [5.41, 5.74) is 2.08. The summed E-state index contributed by atoms with van der Waals surface area (Å²) in [6, 6.07) is 0. The van der Waals surface area contributed by atoms with E-state index in [1.165, 1.54) is 24.8 Å². The first-order valence-electron chi connectivity index (χ1n) is 13.7. The lowest BCUT2D eigenvalue weighted by Crippen LogP contribution is -2.64. The summed E-state index contributed by atoms with van der Waals surface area (Å²) in [7, 11) is 0. The second kappa shape index (κ2) is 7.04. The van der Waals surface area contributed by atoms with Crippen molar-refractivity contribution in [2.75, 3.05) is 0 Å². The minimum Gasteiger partial charge on any atom is -0.481 e. The zero-order valence-electron chi connectivity index (χ0n) is 22.2. The summed E-state index contributed by atoms with van der Waals surface area (Å²) in [6.07, 6.45) is 13.4. The van der Waals surface area contributed by atoms with Gasteiger partial charge in [0.15, 0.2) is 0 Å². The molecule has 8 atom stereocenters. The maximum Gasteiger partial charge on any atom is 0.310 e. The van der Waals surface area contributed by atoms with E-state index < -0.39 is 11.4 Å². The Kier molecular flexibility index (Phi) is 5.17. The van der Waals surface area contributed by atoms with Crippen LogP contribution in [0.1, 0.15) is 113 Å². The number of hydrogen-bond acceptors (Lipinski definition) is 1. The number of allylic oxidation sites excluding steroid dienone is 2. The monoisotopic (exact) mass is 474 g/mol. The molecule has 4 saturated carbocycles. The molecule has 0 aromatic carbocycles. The van der Waals surface area contributed by atoms with Crippen molar-refractivity contribution in [1.82, 2.24) is 0 Å². The van der Waals surface area contributed by atoms with Crippen LogP contribution < -0.4 is 0 Å². The molecule has 2 nitrogen and oxygen atoms in total. The summed E-state index contributed by atoms with van der Waals surface area (Å²) in [5.74, 6) is 1.01. The standard InChI is InChI=1S/C30H47ClO2/c1-25(2)14-16-30(24(32)33)17-15-28(6)19(20(30)18-25)8-9-22-27(5)12-11-23(31)26(3,4)21(27)10-13-29(22,28)7/h8,20-23H,9-18H2,1-7H3,(H,32,33)/t20?,21-,22+,23+,27-,28+,29+,30?/m0/s1. The predicted molar refractivity (Wildman–Crippen MR) is 136 cm³/mol. The first-order valence-corrected chi connectivity index (χ1v) is 14.2. The van der Waals surface area contributed by atoms with Gasteiger partial charge in [0.1, 0.15) is 0 Å². The van der Waals surface area contributed by atoms with Gasteiger partial charge in [0, 0.05) is 5.38 Å². The van der Waals surface area contributed by atoms with E-state index in [4.69, 9.17) is 11.6 Å². The fourth-order valence-electron chi connectivity index (χ4n) is 10.6. The molecule has 0 radical (unpaired) electrons. The minimum absolute atomic E-state index is 0.114. The molecular formula is C30H47ClO2. The van der Waals surface area contributed by atoms with Crippen molar-refractivity contribution < 1.29 is 9.90 Å². The third kappa shape index (κ3) is 2.94. The van der Waals surface area contributed by atoms with E-state index in [9.17, 15) is 9.90 Å². The molecule has 0 spiro atoms. The van der Waals surface area contributed by atoms with E-state index >= 15 is 0 Å². The zero-order valence-corrected chi connectivity index (χ0v) is 22.9. The van der Waals surface area contributed by atoms with Gasteiger partial charge in [-0.2, -0.15) is 0 Å². The Hall–Kier alpha value is -0.500. The van der Waals surface area contributed by atoms with Gasteiger partial charge in [0.2, 0.25) is 0 Å². The van der Waals surface area contributed by atoms with Gasteiger partial charge < -0.3 is 5.11 Å². The number of carbonyl (C=O) groups is 1. The van der Waals surface area contributed by atoms with Crippen LogP contribution in [0.2, 0.25) is 0 Å². The van der Waals surface area contributed by atoms with Gasteiger partial charge in [0.05, 0.1) is 5.41 Å². The fraction of sp³-hybridized carbons (Fsp3) is 0.900. The Morgan fingerprint density at radius 2 is 1.58 bits per heavy atom. The molecule has 5 rings (SSSR count). The van der Waals surface area contributed by atoms with Crippen LogP contribution in [0.5, 0.6) is 0 Å². The maximum absolute atomic E-state index is 12.8. The molecule has 5 aliphatic rings. The number of alkyl halides is 1. The summed E-state index contributed by atoms with van der Waals surface area (Å²) in [4.78, 5) is 12.8. The van der Waals surface area contributed by atoms with Crippen LogP contribution in [0.3, 0.4) is 0 Å². The molecule has 5 aliphatic carbocycles. The van der Waals surface area contributed by atoms with E-state index in [2.05, 4.69) is 54.5 Å². The molecule has 186 valence electrons. The molecule has 0 aliphatic heterocycles. The first-order chi connectivity index (χ1) is 15.1. The topological polar surface area (TPSA) is 37.3 Å². The van der Waals surface area contributed by atoms with Crippen molar-refractivity contribution in [3.63, 3.8) is 0 Å². The van der Waals surface area contributed by atoms with Crippen molar-refractivity contribution >= 4 is 17.6 Å². The quantitative estimate of drug-likeness (QED) is 0.305. The summed E-state index contributed by atoms with van der Waals surface area (Å²) < 4.78 is 0. The number of carboxylic acids is 1. The molecule has 1 N–H and O–H groups in total. The summed E-state index contributed by atoms with van der Waals surface area (Å²) in [6.45, 7) is 17.3. The molecule has 0 aromatic rings. The minimum atomic E-state index is -0.538. The van der Waals surface area contributed by atoms with Crippen molar-refractivity contribution in [2.24, 2.45) is 50.2 Å². The highest BCUT2D eigenvalue weighted by molar-refractivity contribution is 6.21. The van der Waals surface area contributed by atoms with Crippen molar-refractivity contribution in [3.05, 3.63) is 11.6 Å². The molecule has 33 heavy (non-hydrogen) atoms. The highest BCUT2D eigenvalue weighted by Crippen LogP contribution is 2.75. The summed E-state index contributed by atoms with van der Waals surface area (Å²) in [5, 5.41) is 10.8. The van der Waals surface area contributed by atoms with Crippen LogP contribution >= 0.6 is 11.6 Å². The maximum atomic E-state index is 12.8. The average molecular weight is 475 g/mol. The van der Waals surface area contributed by atoms with Gasteiger partial charge in [-0.05, 0) is 109 Å². The first kappa shape index (κ1) is 24.2. The Labute approximate surface area is 207 Å². The second-order valence-electron chi connectivity index (χ2n) is 15.0. The number of carboxylic acid groups (broad SMARTS) is 1. The zero-order chi connectivity index (χ0) is 24.2. The lowest BCUT2D eigenvalue weighted by molar-refractivity contribution is -0.187. The van der Waals surface area contributed by atoms with Crippen molar-refractivity contribution in [2.45, 2.75) is 118 Å². The van der Waals surface area contributed by atoms with Crippen LogP contribution in [0.4, 0.5) is 0 Å². The lowest BCUT2D eigenvalue weighted by atomic mass is 9.33. The van der Waals surface area contributed by atoms with Gasteiger partial charge >= 0.3 is 5.97 Å². The molecule has 2 unspecified atom stereocenters. The van der Waals surface area contributed by atoms with Gasteiger partial charge in [-0.3, -0.25) is 4.79 Å². The molecule has 0 amide bonds. The Morgan fingerprint density at radius 3 is 2.24 bits per heavy atom. The molecule has 4 fully saturated rings. The van der Waals surface area contributed by atoms with Crippen LogP contribution in [0, 0.1) is 50.2 Å². The van der Waals surface area contributed by atoms with E-state index in [1.807, 2.05) is 0 Å². The van der Waals surface area contributed by atoms with Crippen LogP contribution in [-0.2, 0) is 4.79 Å². The van der Waals surface area contributed by atoms with E-state index in [0.717, 1.165) is 44.9 Å². The SMILES string of the molecule is CC1(C)CCC2(C(=O)O)CC[C@]3(C)C(=CC[C@@H]4[C@@]5(C)CC[C@@H](Cl)C(C)(C)[C@@H]5CC[C@]43C)C2C1. The lowest BCUT2D eigenvalue weighted by Gasteiger charge is -2.71. The number of aliphatic carboxylic acids is 1. The highest BCUT2D eigenvalue weighted by Gasteiger charge is 2.69. The molecule has 3 heteroatoms. The van der Waals surface area contributed by atoms with Gasteiger partial charge in [-0.25, -0.2) is 0 Å². The largest absolute Gasteiger partial charge is 0.481 e. The fourth-order valence-corrected chi connectivity index (χ4v) is 10.9. The molecule has 0 aromatic heterocycles. The number of rotatable bonds is 1. The Morgan fingerprint density at radius 1 is 0.909 bits per heavy atom. The van der Waals surface area contributed by atoms with E-state index in [1.54, 1.807) is 0 Å². The van der Waals surface area contributed by atoms with Gasteiger partial charge in [-0.15, -0.1) is 11.6 Å². The Bertz CT molecular complexity index is 888.